The van der Waals surface area contributed by atoms with Crippen LogP contribution in [0.15, 0.2) is 18.2 Å². The monoisotopic (exact) mass is 241 g/mol. The molecule has 94 valence electrons. The van der Waals surface area contributed by atoms with Crippen LogP contribution in [-0.4, -0.2) is 34.2 Å². The van der Waals surface area contributed by atoms with E-state index < -0.39 is 17.8 Å². The molecule has 2 unspecified atom stereocenters. The number of hydrogen-bond acceptors (Lipinski definition) is 3. The summed E-state index contributed by atoms with van der Waals surface area (Å²) in [4.78, 5) is 12.4. The molecule has 2 atom stereocenters. The van der Waals surface area contributed by atoms with E-state index in [-0.39, 0.29) is 11.8 Å². The molecule has 4 nitrogen and oxygen atoms in total. The Balaban J connectivity index is 2.96. The van der Waals surface area contributed by atoms with Crippen LogP contribution in [-0.2, 0) is 4.79 Å². The first-order valence-electron chi connectivity index (χ1n) is 5.27. The molecular weight excluding hydrogens is 225 g/mol. The molecule has 0 saturated carbocycles. The highest BCUT2D eigenvalue weighted by atomic mass is 19.1. The summed E-state index contributed by atoms with van der Waals surface area (Å²) < 4.78 is 12.8. The molecule has 0 bridgehead atoms. The predicted molar refractivity (Wildman–Crippen MR) is 61.3 cm³/mol. The molecule has 0 radical (unpaired) electrons. The lowest BCUT2D eigenvalue weighted by Crippen LogP contribution is -2.37. The zero-order valence-corrected chi connectivity index (χ0v) is 10.0. The fourth-order valence-electron chi connectivity index (χ4n) is 1.60. The first-order valence-corrected chi connectivity index (χ1v) is 5.27. The molecule has 0 aromatic heterocycles. The van der Waals surface area contributed by atoms with Crippen molar-refractivity contribution in [2.75, 3.05) is 7.05 Å². The van der Waals surface area contributed by atoms with Gasteiger partial charge in [-0.3, -0.25) is 9.69 Å². The fraction of sp³-hybridized carbons (Fsp3) is 0.417. The van der Waals surface area contributed by atoms with Crippen LogP contribution in [0.3, 0.4) is 0 Å². The first kappa shape index (κ1) is 13.4. The smallest absolute Gasteiger partial charge is 0.320 e. The van der Waals surface area contributed by atoms with Crippen LogP contribution in [0, 0.1) is 5.82 Å². The van der Waals surface area contributed by atoms with Gasteiger partial charge >= 0.3 is 5.97 Å². The van der Waals surface area contributed by atoms with Crippen LogP contribution in [0.2, 0.25) is 0 Å². The van der Waals surface area contributed by atoms with Gasteiger partial charge in [-0.15, -0.1) is 0 Å². The van der Waals surface area contributed by atoms with Gasteiger partial charge in [0.1, 0.15) is 17.6 Å². The maximum absolute atomic E-state index is 12.8. The van der Waals surface area contributed by atoms with Crippen LogP contribution >= 0.6 is 0 Å². The zero-order valence-electron chi connectivity index (χ0n) is 10.0. The van der Waals surface area contributed by atoms with E-state index in [1.807, 2.05) is 0 Å². The van der Waals surface area contributed by atoms with Gasteiger partial charge in [0.05, 0.1) is 0 Å². The van der Waals surface area contributed by atoms with Crippen molar-refractivity contribution >= 4 is 5.97 Å². The van der Waals surface area contributed by atoms with E-state index in [9.17, 15) is 14.3 Å². The summed E-state index contributed by atoms with van der Waals surface area (Å²) in [5.41, 5.74) is 0.502. The van der Waals surface area contributed by atoms with Gasteiger partial charge in [0.25, 0.3) is 0 Å². The molecule has 0 saturated heterocycles. The van der Waals surface area contributed by atoms with Crippen molar-refractivity contribution in [3.63, 3.8) is 0 Å². The topological polar surface area (TPSA) is 60.8 Å². The minimum Gasteiger partial charge on any atom is -0.508 e. The maximum Gasteiger partial charge on any atom is 0.320 e. The van der Waals surface area contributed by atoms with Gasteiger partial charge in [-0.2, -0.15) is 0 Å². The molecule has 0 aliphatic carbocycles. The second-order valence-electron chi connectivity index (χ2n) is 4.06. The molecule has 1 aromatic carbocycles. The highest BCUT2D eigenvalue weighted by Gasteiger charge is 2.24. The number of carbonyl (C=O) groups is 1. The minimum absolute atomic E-state index is 0.165. The number of phenols is 1. The van der Waals surface area contributed by atoms with Gasteiger partial charge < -0.3 is 10.2 Å². The van der Waals surface area contributed by atoms with E-state index in [1.54, 1.807) is 25.8 Å². The van der Waals surface area contributed by atoms with E-state index in [0.717, 1.165) is 6.07 Å². The number of carboxylic acid groups (broad SMARTS) is 1. The van der Waals surface area contributed by atoms with Gasteiger partial charge in [-0.1, -0.05) is 6.07 Å². The summed E-state index contributed by atoms with van der Waals surface area (Å²) in [6, 6.07) is 2.72. The van der Waals surface area contributed by atoms with Gasteiger partial charge in [0.15, 0.2) is 0 Å². The molecular formula is C12H16FNO3. The summed E-state index contributed by atoms with van der Waals surface area (Å²) in [6.45, 7) is 3.31. The summed E-state index contributed by atoms with van der Waals surface area (Å²) in [5.74, 6) is -1.63. The van der Waals surface area contributed by atoms with E-state index in [4.69, 9.17) is 5.11 Å². The molecule has 17 heavy (non-hydrogen) atoms. The van der Waals surface area contributed by atoms with Crippen molar-refractivity contribution in [3.8, 4) is 5.75 Å². The number of hydrogen-bond donors (Lipinski definition) is 2. The third kappa shape index (κ3) is 2.94. The van der Waals surface area contributed by atoms with E-state index in [0.29, 0.717) is 5.56 Å². The lowest BCUT2D eigenvalue weighted by atomic mass is 10.0. The van der Waals surface area contributed by atoms with Crippen molar-refractivity contribution in [2.45, 2.75) is 25.9 Å². The lowest BCUT2D eigenvalue weighted by Gasteiger charge is -2.28. The number of likely N-dealkylation sites (N-methyl/N-ethyl adjacent to an activating group) is 1. The fourth-order valence-corrected chi connectivity index (χ4v) is 1.60. The Morgan fingerprint density at radius 1 is 1.41 bits per heavy atom. The predicted octanol–water partition coefficient (Wildman–Crippen LogP) is 2.00. The molecule has 2 N–H and O–H groups in total. The number of halogens is 1. The average Bonchev–Trinajstić information content (AvgIpc) is 2.26. The molecule has 5 heteroatoms. The Hall–Kier alpha value is -1.62. The van der Waals surface area contributed by atoms with Gasteiger partial charge in [0, 0.05) is 17.7 Å². The van der Waals surface area contributed by atoms with Gasteiger partial charge in [-0.25, -0.2) is 4.39 Å². The standard InChI is InChI=1S/C12H16FNO3/c1-7(14(3)8(2)12(16)17)10-5-4-9(13)6-11(10)15/h4-8,15H,1-3H3,(H,16,17). The Labute approximate surface area is 99.3 Å². The Kier molecular flexibility index (Phi) is 4.07. The number of aromatic hydroxyl groups is 1. The van der Waals surface area contributed by atoms with E-state index >= 15 is 0 Å². The molecule has 1 rings (SSSR count). The minimum atomic E-state index is -0.944. The van der Waals surface area contributed by atoms with Crippen LogP contribution in [0.5, 0.6) is 5.75 Å². The largest absolute Gasteiger partial charge is 0.508 e. The van der Waals surface area contributed by atoms with Crippen LogP contribution in [0.1, 0.15) is 25.5 Å². The molecule has 0 aliphatic rings. The summed E-state index contributed by atoms with van der Waals surface area (Å²) in [5, 5.41) is 18.5. The van der Waals surface area contributed by atoms with E-state index in [2.05, 4.69) is 0 Å². The second-order valence-corrected chi connectivity index (χ2v) is 4.06. The normalized spacial score (nSPS) is 14.6. The molecule has 0 aliphatic heterocycles. The quantitative estimate of drug-likeness (QED) is 0.846. The third-order valence-electron chi connectivity index (χ3n) is 3.02. The second kappa shape index (κ2) is 5.14. The molecule has 0 spiro atoms. The van der Waals surface area contributed by atoms with Crippen LogP contribution in [0.25, 0.3) is 0 Å². The Morgan fingerprint density at radius 2 is 2.00 bits per heavy atom. The molecule has 1 aromatic rings. The number of rotatable bonds is 4. The SMILES string of the molecule is CC(C(=O)O)N(C)C(C)c1ccc(F)cc1O. The summed E-state index contributed by atoms with van der Waals surface area (Å²) in [7, 11) is 1.65. The van der Waals surface area contributed by atoms with Crippen molar-refractivity contribution in [1.82, 2.24) is 4.90 Å². The number of nitrogens with zero attached hydrogens (tertiary/aromatic N) is 1. The number of benzene rings is 1. The first-order chi connectivity index (χ1) is 7.84. The highest BCUT2D eigenvalue weighted by Crippen LogP contribution is 2.29. The van der Waals surface area contributed by atoms with Crippen molar-refractivity contribution in [1.29, 1.82) is 0 Å². The molecule has 0 heterocycles. The Morgan fingerprint density at radius 3 is 2.47 bits per heavy atom. The number of phenolic OH excluding ortho intramolecular Hbond substituents is 1. The van der Waals surface area contributed by atoms with Crippen molar-refractivity contribution in [2.24, 2.45) is 0 Å². The van der Waals surface area contributed by atoms with Gasteiger partial charge in [-0.05, 0) is 27.0 Å². The zero-order chi connectivity index (χ0) is 13.2. The Bertz CT molecular complexity index is 422. The number of carboxylic acids is 1. The molecule has 0 amide bonds. The van der Waals surface area contributed by atoms with Crippen molar-refractivity contribution in [3.05, 3.63) is 29.6 Å². The van der Waals surface area contributed by atoms with Crippen LogP contribution in [0.4, 0.5) is 4.39 Å². The highest BCUT2D eigenvalue weighted by molar-refractivity contribution is 5.72. The van der Waals surface area contributed by atoms with Gasteiger partial charge in [0.2, 0.25) is 0 Å². The van der Waals surface area contributed by atoms with Crippen LogP contribution < -0.4 is 0 Å². The van der Waals surface area contributed by atoms with Crippen molar-refractivity contribution < 1.29 is 19.4 Å². The summed E-state index contributed by atoms with van der Waals surface area (Å²) in [6.07, 6.45) is 0. The van der Waals surface area contributed by atoms with E-state index in [1.165, 1.54) is 12.1 Å². The number of aliphatic carboxylic acids is 1. The molecule has 0 fully saturated rings. The summed E-state index contributed by atoms with van der Waals surface area (Å²) >= 11 is 0. The lowest BCUT2D eigenvalue weighted by molar-refractivity contribution is -0.142. The maximum atomic E-state index is 12.8. The average molecular weight is 241 g/mol. The third-order valence-corrected chi connectivity index (χ3v) is 3.02.